The summed E-state index contributed by atoms with van der Waals surface area (Å²) < 4.78 is 28.1. The average Bonchev–Trinajstić information content (AvgIpc) is 3.14. The van der Waals surface area contributed by atoms with E-state index >= 15 is 0 Å². The highest BCUT2D eigenvalue weighted by Gasteiger charge is 2.17. The van der Waals surface area contributed by atoms with Crippen LogP contribution in [-0.2, 0) is 16.4 Å². The summed E-state index contributed by atoms with van der Waals surface area (Å²) in [6.07, 6.45) is 6.29. The quantitative estimate of drug-likeness (QED) is 0.391. The maximum absolute atomic E-state index is 12.7. The smallest absolute Gasteiger partial charge is 0.240 e. The summed E-state index contributed by atoms with van der Waals surface area (Å²) in [5, 5.41) is 6.34. The second-order valence-electron chi connectivity index (χ2n) is 7.22. The van der Waals surface area contributed by atoms with Crippen LogP contribution in [0.5, 0.6) is 0 Å². The molecule has 2 heterocycles. The van der Waals surface area contributed by atoms with E-state index in [2.05, 4.69) is 32.1 Å². The normalized spacial score (nSPS) is 13.1. The number of rotatable bonds is 8. The molecule has 150 valence electrons. The fourth-order valence-corrected chi connectivity index (χ4v) is 4.76. The third-order valence-electron chi connectivity index (χ3n) is 4.98. The molecule has 29 heavy (non-hydrogen) atoms. The number of hydrogen-bond donors (Lipinski definition) is 3. The van der Waals surface area contributed by atoms with Gasteiger partial charge in [0, 0.05) is 47.5 Å². The molecule has 2 aromatic heterocycles. The SMILES string of the molecule is C[C@H](CNCCc1c[nH]c2ccccc12)NS(=O)(=O)c1ccc2cnccc2c1. The standard InChI is InChI=1S/C22H24N4O2S/c1-16(13-23-11-9-19-15-25-22-5-3-2-4-21(19)22)26-29(27,28)20-7-6-18-14-24-10-8-17(18)12-20/h2-8,10,12,14-16,23,25-26H,9,11,13H2,1H3/t16-/m1/s1. The van der Waals surface area contributed by atoms with Gasteiger partial charge in [0.05, 0.1) is 4.90 Å². The molecule has 0 saturated heterocycles. The van der Waals surface area contributed by atoms with Crippen molar-refractivity contribution >= 4 is 31.7 Å². The summed E-state index contributed by atoms with van der Waals surface area (Å²) in [5.74, 6) is 0. The molecule has 7 heteroatoms. The summed E-state index contributed by atoms with van der Waals surface area (Å²) in [5.41, 5.74) is 2.39. The lowest BCUT2D eigenvalue weighted by Crippen LogP contribution is -2.40. The lowest BCUT2D eigenvalue weighted by molar-refractivity contribution is 0.537. The molecule has 0 aliphatic heterocycles. The van der Waals surface area contributed by atoms with E-state index in [9.17, 15) is 8.42 Å². The number of hydrogen-bond acceptors (Lipinski definition) is 4. The first-order chi connectivity index (χ1) is 14.0. The van der Waals surface area contributed by atoms with Crippen LogP contribution in [0.25, 0.3) is 21.7 Å². The van der Waals surface area contributed by atoms with Gasteiger partial charge in [0.25, 0.3) is 0 Å². The average molecular weight is 409 g/mol. The summed E-state index contributed by atoms with van der Waals surface area (Å²) >= 11 is 0. The van der Waals surface area contributed by atoms with Gasteiger partial charge in [-0.25, -0.2) is 13.1 Å². The third kappa shape index (κ3) is 4.48. The molecule has 0 saturated carbocycles. The third-order valence-corrected chi connectivity index (χ3v) is 6.56. The molecule has 0 radical (unpaired) electrons. The number of benzene rings is 2. The zero-order chi connectivity index (χ0) is 20.3. The molecule has 0 bridgehead atoms. The minimum Gasteiger partial charge on any atom is -0.361 e. The first-order valence-corrected chi connectivity index (χ1v) is 11.1. The van der Waals surface area contributed by atoms with E-state index in [1.54, 1.807) is 30.6 Å². The fraction of sp³-hybridized carbons (Fsp3) is 0.227. The number of para-hydroxylation sites is 1. The Balaban J connectivity index is 1.32. The Bertz CT molecular complexity index is 1230. The van der Waals surface area contributed by atoms with Crippen LogP contribution < -0.4 is 10.0 Å². The van der Waals surface area contributed by atoms with Crippen LogP contribution in [0, 0.1) is 0 Å². The van der Waals surface area contributed by atoms with Crippen molar-refractivity contribution in [3.8, 4) is 0 Å². The number of aromatic amines is 1. The zero-order valence-electron chi connectivity index (χ0n) is 16.2. The van der Waals surface area contributed by atoms with E-state index in [1.165, 1.54) is 10.9 Å². The number of fused-ring (bicyclic) bond motifs is 2. The second kappa shape index (κ2) is 8.32. The molecule has 4 rings (SSSR count). The minimum absolute atomic E-state index is 0.226. The first-order valence-electron chi connectivity index (χ1n) is 9.65. The van der Waals surface area contributed by atoms with Gasteiger partial charge in [-0.15, -0.1) is 0 Å². The molecule has 0 aliphatic rings. The maximum Gasteiger partial charge on any atom is 0.240 e. The molecule has 0 spiro atoms. The van der Waals surface area contributed by atoms with E-state index < -0.39 is 10.0 Å². The van der Waals surface area contributed by atoms with Crippen molar-refractivity contribution in [1.29, 1.82) is 0 Å². The van der Waals surface area contributed by atoms with Crippen LogP contribution in [0.2, 0.25) is 0 Å². The Morgan fingerprint density at radius 2 is 1.97 bits per heavy atom. The summed E-state index contributed by atoms with van der Waals surface area (Å²) in [4.78, 5) is 7.60. The van der Waals surface area contributed by atoms with Gasteiger partial charge < -0.3 is 10.3 Å². The van der Waals surface area contributed by atoms with E-state index in [0.717, 1.165) is 29.3 Å². The van der Waals surface area contributed by atoms with Gasteiger partial charge in [-0.1, -0.05) is 24.3 Å². The van der Waals surface area contributed by atoms with Crippen molar-refractivity contribution < 1.29 is 8.42 Å². The highest BCUT2D eigenvalue weighted by atomic mass is 32.2. The lowest BCUT2D eigenvalue weighted by Gasteiger charge is -2.15. The van der Waals surface area contributed by atoms with Gasteiger partial charge in [0.15, 0.2) is 0 Å². The Morgan fingerprint density at radius 1 is 1.10 bits per heavy atom. The van der Waals surface area contributed by atoms with Gasteiger partial charge in [0.1, 0.15) is 0 Å². The Labute approximate surface area is 170 Å². The van der Waals surface area contributed by atoms with Crippen LogP contribution in [0.3, 0.4) is 0 Å². The summed E-state index contributed by atoms with van der Waals surface area (Å²) in [6, 6.07) is 14.9. The first kappa shape index (κ1) is 19.6. The van der Waals surface area contributed by atoms with Gasteiger partial charge in [0.2, 0.25) is 10.0 Å². The number of sulfonamides is 1. The van der Waals surface area contributed by atoms with E-state index in [4.69, 9.17) is 0 Å². The summed E-state index contributed by atoms with van der Waals surface area (Å²) in [7, 11) is -3.58. The molecule has 4 aromatic rings. The van der Waals surface area contributed by atoms with Crippen LogP contribution in [0.15, 0.2) is 72.0 Å². The highest BCUT2D eigenvalue weighted by molar-refractivity contribution is 7.89. The Hall–Kier alpha value is -2.74. The van der Waals surface area contributed by atoms with Crippen molar-refractivity contribution in [3.05, 3.63) is 72.7 Å². The lowest BCUT2D eigenvalue weighted by atomic mass is 10.1. The van der Waals surface area contributed by atoms with E-state index in [-0.39, 0.29) is 10.9 Å². The molecule has 6 nitrogen and oxygen atoms in total. The van der Waals surface area contributed by atoms with E-state index in [0.29, 0.717) is 6.54 Å². The van der Waals surface area contributed by atoms with Crippen molar-refractivity contribution in [2.45, 2.75) is 24.3 Å². The number of aromatic nitrogens is 2. The number of pyridine rings is 1. The van der Waals surface area contributed by atoms with Crippen molar-refractivity contribution in [2.75, 3.05) is 13.1 Å². The molecule has 2 aromatic carbocycles. The number of H-pyrrole nitrogens is 1. The second-order valence-corrected chi connectivity index (χ2v) is 8.93. The van der Waals surface area contributed by atoms with Crippen LogP contribution >= 0.6 is 0 Å². The molecule has 0 fully saturated rings. The topological polar surface area (TPSA) is 86.9 Å². The highest BCUT2D eigenvalue weighted by Crippen LogP contribution is 2.19. The predicted octanol–water partition coefficient (Wildman–Crippen LogP) is 3.22. The fourth-order valence-electron chi connectivity index (χ4n) is 3.48. The molecular formula is C22H24N4O2S. The summed E-state index contributed by atoms with van der Waals surface area (Å²) in [6.45, 7) is 3.19. The van der Waals surface area contributed by atoms with E-state index in [1.807, 2.05) is 31.3 Å². The Kier molecular flexibility index (Phi) is 5.62. The molecule has 3 N–H and O–H groups in total. The predicted molar refractivity (Wildman–Crippen MR) is 116 cm³/mol. The van der Waals surface area contributed by atoms with Crippen LogP contribution in [-0.4, -0.2) is 37.5 Å². The van der Waals surface area contributed by atoms with Gasteiger partial charge in [-0.2, -0.15) is 0 Å². The maximum atomic E-state index is 12.7. The van der Waals surface area contributed by atoms with Gasteiger partial charge in [-0.05, 0) is 55.1 Å². The van der Waals surface area contributed by atoms with Crippen LogP contribution in [0.1, 0.15) is 12.5 Å². The number of nitrogens with zero attached hydrogens (tertiary/aromatic N) is 1. The van der Waals surface area contributed by atoms with Crippen LogP contribution in [0.4, 0.5) is 0 Å². The number of nitrogens with one attached hydrogen (secondary N) is 3. The minimum atomic E-state index is -3.58. The van der Waals surface area contributed by atoms with Crippen molar-refractivity contribution in [3.63, 3.8) is 0 Å². The zero-order valence-corrected chi connectivity index (χ0v) is 17.0. The molecule has 0 amide bonds. The van der Waals surface area contributed by atoms with Crippen molar-refractivity contribution in [1.82, 2.24) is 20.0 Å². The molecule has 1 atom stereocenters. The monoisotopic (exact) mass is 408 g/mol. The van der Waals surface area contributed by atoms with Crippen molar-refractivity contribution in [2.24, 2.45) is 0 Å². The Morgan fingerprint density at radius 3 is 2.86 bits per heavy atom. The van der Waals surface area contributed by atoms with Gasteiger partial charge in [-0.3, -0.25) is 4.98 Å². The molecular weight excluding hydrogens is 384 g/mol. The molecule has 0 aliphatic carbocycles. The molecule has 0 unspecified atom stereocenters. The largest absolute Gasteiger partial charge is 0.361 e. The van der Waals surface area contributed by atoms with Gasteiger partial charge >= 0.3 is 0 Å².